The molecule has 238 valence electrons. The van der Waals surface area contributed by atoms with Crippen LogP contribution in [0, 0.1) is 0 Å². The Morgan fingerprint density at radius 1 is 1.00 bits per heavy atom. The Morgan fingerprint density at radius 2 is 1.61 bits per heavy atom. The van der Waals surface area contributed by atoms with Gasteiger partial charge in [0.25, 0.3) is 0 Å². The van der Waals surface area contributed by atoms with Crippen LogP contribution in [-0.2, 0) is 4.79 Å². The normalized spacial score (nSPS) is 12.5. The number of hydrogen-bond donors (Lipinski definition) is 0. The van der Waals surface area contributed by atoms with E-state index in [9.17, 15) is 4.79 Å². The predicted molar refractivity (Wildman–Crippen MR) is 196 cm³/mol. The molecule has 0 amide bonds. The summed E-state index contributed by atoms with van der Waals surface area (Å²) in [5.41, 5.74) is 7.27. The third-order valence-electron chi connectivity index (χ3n) is 5.55. The molecule has 0 saturated carbocycles. The summed E-state index contributed by atoms with van der Waals surface area (Å²) < 4.78 is 5.00. The molecule has 0 unspecified atom stereocenters. The fourth-order valence-electron chi connectivity index (χ4n) is 3.49. The Hall–Kier alpha value is -4.09. The van der Waals surface area contributed by atoms with Crippen molar-refractivity contribution in [2.75, 3.05) is 14.1 Å². The molecule has 0 fully saturated rings. The van der Waals surface area contributed by atoms with E-state index >= 15 is 0 Å². The highest BCUT2D eigenvalue weighted by Gasteiger charge is 2.13. The zero-order valence-electron chi connectivity index (χ0n) is 28.4. The van der Waals surface area contributed by atoms with E-state index in [2.05, 4.69) is 53.5 Å². The molecule has 0 saturated heterocycles. The van der Waals surface area contributed by atoms with Crippen molar-refractivity contribution in [3.8, 4) is 0 Å². The Bertz CT molecular complexity index is 1330. The van der Waals surface area contributed by atoms with Crippen molar-refractivity contribution in [3.63, 3.8) is 0 Å². The number of aromatic nitrogens is 1. The van der Waals surface area contributed by atoms with E-state index < -0.39 is 0 Å². The minimum absolute atomic E-state index is 0.167. The molecule has 0 aliphatic heterocycles. The van der Waals surface area contributed by atoms with Crippen molar-refractivity contribution in [1.29, 1.82) is 0 Å². The van der Waals surface area contributed by atoms with E-state index in [-0.39, 0.29) is 5.78 Å². The minimum Gasteiger partial charge on any atom is -0.356 e. The molecule has 0 radical (unpaired) electrons. The van der Waals surface area contributed by atoms with Gasteiger partial charge < -0.3 is 9.32 Å². The molecular formula is C38H52ClN3O2. The maximum absolute atomic E-state index is 9.44. The van der Waals surface area contributed by atoms with Crippen LogP contribution in [0.4, 0.5) is 0 Å². The number of nitrogens with zero attached hydrogens (tertiary/aromatic N) is 3. The molecule has 0 N–H and O–H groups in total. The average Bonchev–Trinajstić information content (AvgIpc) is 3.57. The lowest BCUT2D eigenvalue weighted by atomic mass is 9.91. The van der Waals surface area contributed by atoms with Crippen LogP contribution in [0.5, 0.6) is 0 Å². The van der Waals surface area contributed by atoms with Gasteiger partial charge in [-0.25, -0.2) is 0 Å². The molecule has 1 heterocycles. The molecule has 44 heavy (non-hydrogen) atoms. The maximum atomic E-state index is 9.44. The first kappa shape index (κ1) is 42.0. The third-order valence-corrected chi connectivity index (χ3v) is 5.81. The molecule has 0 aliphatic rings. The first-order chi connectivity index (χ1) is 21.1. The molecule has 6 heteroatoms. The highest BCUT2D eigenvalue weighted by atomic mass is 35.5. The Labute approximate surface area is 271 Å². The number of Topliss-reactive ketones (excluding diaryl/α,β-unsaturated/α-hetero) is 1. The van der Waals surface area contributed by atoms with Gasteiger partial charge in [-0.1, -0.05) is 117 Å². The number of halogens is 1. The largest absolute Gasteiger partial charge is 0.356 e. The van der Waals surface area contributed by atoms with Gasteiger partial charge in [-0.2, -0.15) is 0 Å². The van der Waals surface area contributed by atoms with Gasteiger partial charge in [-0.3, -0.25) is 9.98 Å². The minimum atomic E-state index is 0.167. The van der Waals surface area contributed by atoms with Crippen molar-refractivity contribution in [2.24, 2.45) is 9.98 Å². The van der Waals surface area contributed by atoms with Crippen LogP contribution in [0.15, 0.2) is 123 Å². The Balaban J connectivity index is 0. The lowest BCUT2D eigenvalue weighted by Gasteiger charge is -2.14. The molecule has 0 aliphatic carbocycles. The zero-order valence-corrected chi connectivity index (χ0v) is 29.2. The summed E-state index contributed by atoms with van der Waals surface area (Å²) >= 11 is 6.01. The van der Waals surface area contributed by atoms with E-state index in [1.165, 1.54) is 19.4 Å². The van der Waals surface area contributed by atoms with Gasteiger partial charge in [0.15, 0.2) is 5.76 Å². The van der Waals surface area contributed by atoms with Crippen LogP contribution in [0.3, 0.4) is 0 Å². The van der Waals surface area contributed by atoms with Gasteiger partial charge >= 0.3 is 0 Å². The molecule has 1 aromatic heterocycles. The number of allylic oxidation sites excluding steroid dienone is 12. The summed E-state index contributed by atoms with van der Waals surface area (Å²) in [6.45, 7) is 22.9. The van der Waals surface area contributed by atoms with Crippen molar-refractivity contribution < 1.29 is 9.32 Å². The van der Waals surface area contributed by atoms with Crippen molar-refractivity contribution in [3.05, 3.63) is 125 Å². The number of carbonyl (C=O) groups excluding carboxylic acids is 1. The van der Waals surface area contributed by atoms with Gasteiger partial charge in [0, 0.05) is 53.8 Å². The molecule has 2 rings (SSSR count). The second-order valence-electron chi connectivity index (χ2n) is 9.09. The van der Waals surface area contributed by atoms with Crippen molar-refractivity contribution in [2.45, 2.75) is 68.2 Å². The lowest BCUT2D eigenvalue weighted by Crippen LogP contribution is -2.05. The number of rotatable bonds is 11. The monoisotopic (exact) mass is 617 g/mol. The second kappa shape index (κ2) is 26.5. The third kappa shape index (κ3) is 17.8. The molecule has 1 aromatic carbocycles. The van der Waals surface area contributed by atoms with E-state index in [0.717, 1.165) is 52.2 Å². The van der Waals surface area contributed by atoms with Gasteiger partial charge in [0.2, 0.25) is 0 Å². The van der Waals surface area contributed by atoms with Crippen molar-refractivity contribution in [1.82, 2.24) is 5.16 Å². The van der Waals surface area contributed by atoms with Crippen LogP contribution >= 0.6 is 11.6 Å². The quantitative estimate of drug-likeness (QED) is 0.186. The number of ketones is 1. The standard InChI is InChI=1S/C20H23ClN2.C13H17NO.C3H6O.C2H6/c1-6-8-9-16(7-2)20(15(3)23-5)19(14-22-4)17-10-12-18(21)13-11-17;1-4-6-12(5-2)8-7-11(3)13-9-10-14-15-13;1-3(2)4;1-2/h6-14H,1H2,2-5H3;5,7-10H,3-4,6H2,1-2H3;1-2H3;1-2H3/b9-8-,16-7+,20-19-,22-14?,23-15?;8-7-,12-5-;;. The van der Waals surface area contributed by atoms with E-state index in [4.69, 9.17) is 16.1 Å². The van der Waals surface area contributed by atoms with Crippen molar-refractivity contribution >= 4 is 40.5 Å². The topological polar surface area (TPSA) is 67.8 Å². The fourth-order valence-corrected chi connectivity index (χ4v) is 3.62. The molecular weight excluding hydrogens is 566 g/mol. The van der Waals surface area contributed by atoms with Crippen LogP contribution in [0.2, 0.25) is 5.02 Å². The number of hydrogen-bond acceptors (Lipinski definition) is 5. The summed E-state index contributed by atoms with van der Waals surface area (Å²) in [4.78, 5) is 18.1. The summed E-state index contributed by atoms with van der Waals surface area (Å²) in [6.07, 6.45) is 19.6. The van der Waals surface area contributed by atoms with Gasteiger partial charge in [-0.15, -0.1) is 0 Å². The van der Waals surface area contributed by atoms with E-state index in [0.29, 0.717) is 5.02 Å². The molecule has 5 nitrogen and oxygen atoms in total. The van der Waals surface area contributed by atoms with Crippen LogP contribution in [0.1, 0.15) is 79.6 Å². The molecule has 2 aromatic rings. The fraction of sp³-hybridized carbons (Fsp3) is 0.316. The Kier molecular flexibility index (Phi) is 25.4. The molecule has 0 atom stereocenters. The van der Waals surface area contributed by atoms with E-state index in [1.54, 1.807) is 26.4 Å². The smallest absolute Gasteiger partial charge is 0.166 e. The maximum Gasteiger partial charge on any atom is 0.166 e. The highest BCUT2D eigenvalue weighted by Crippen LogP contribution is 2.26. The zero-order chi connectivity index (χ0) is 33.9. The number of benzene rings is 1. The highest BCUT2D eigenvalue weighted by molar-refractivity contribution is 6.30. The van der Waals surface area contributed by atoms with Crippen LogP contribution in [0.25, 0.3) is 11.1 Å². The van der Waals surface area contributed by atoms with Gasteiger partial charge in [-0.05, 0) is 64.3 Å². The second-order valence-corrected chi connectivity index (χ2v) is 9.52. The van der Waals surface area contributed by atoms with Gasteiger partial charge in [0.05, 0.1) is 6.20 Å². The first-order valence-electron chi connectivity index (χ1n) is 14.8. The Morgan fingerprint density at radius 3 is 2.05 bits per heavy atom. The summed E-state index contributed by atoms with van der Waals surface area (Å²) in [5.74, 6) is 0.887. The van der Waals surface area contributed by atoms with Crippen LogP contribution in [-0.4, -0.2) is 37.0 Å². The summed E-state index contributed by atoms with van der Waals surface area (Å²) in [7, 11) is 3.56. The van der Waals surface area contributed by atoms with Crippen LogP contribution < -0.4 is 0 Å². The first-order valence-corrected chi connectivity index (χ1v) is 15.2. The van der Waals surface area contributed by atoms with Gasteiger partial charge in [0.1, 0.15) is 5.78 Å². The number of carbonyl (C=O) groups is 1. The molecule has 0 spiro atoms. The van der Waals surface area contributed by atoms with E-state index in [1.807, 2.05) is 89.4 Å². The lowest BCUT2D eigenvalue weighted by molar-refractivity contribution is -0.115. The molecule has 0 bridgehead atoms. The summed E-state index contributed by atoms with van der Waals surface area (Å²) in [6, 6.07) is 9.55. The summed E-state index contributed by atoms with van der Waals surface area (Å²) in [5, 5.41) is 4.35. The average molecular weight is 618 g/mol. The number of aliphatic imine (C=N–C) groups is 2. The SMILES string of the molecule is C=C(/C=C\C(=C/C)CCC)c1ccno1.C=C\C=C/C(=C\C)C(/C(C)=NC)=C(/C=NC)c1ccc(Cl)cc1.CC.CC(C)=O. The predicted octanol–water partition coefficient (Wildman–Crippen LogP) is 11.2.